The van der Waals surface area contributed by atoms with Crippen LogP contribution < -0.4 is 0 Å². The summed E-state index contributed by atoms with van der Waals surface area (Å²) in [5, 5.41) is 0. The topological polar surface area (TPSA) is 0 Å². The Morgan fingerprint density at radius 1 is 0.389 bits per heavy atom. The van der Waals surface area contributed by atoms with Gasteiger partial charge in [-0.05, 0) is 70.8 Å². The standard InChI is InChI=1S/C35H41P/c36-28-32-20-12-13-22-34(32)35-23-15-14-21-33(35)31-26-24-30(25-27-31)19-9-6-4-2-1-3-5-8-16-29-17-10-7-11-18-29/h7,10-15,17-18,20-27H,1-6,8-9,16,19,28,36H2. The Balaban J connectivity index is 1.17. The van der Waals surface area contributed by atoms with Gasteiger partial charge in [-0.25, -0.2) is 0 Å². The minimum absolute atomic E-state index is 0.970. The van der Waals surface area contributed by atoms with E-state index in [-0.39, 0.29) is 0 Å². The maximum absolute atomic E-state index is 2.87. The lowest BCUT2D eigenvalue weighted by Crippen LogP contribution is -1.91. The average Bonchev–Trinajstić information content (AvgIpc) is 2.95. The van der Waals surface area contributed by atoms with Gasteiger partial charge in [0, 0.05) is 0 Å². The summed E-state index contributed by atoms with van der Waals surface area (Å²) < 4.78 is 0. The van der Waals surface area contributed by atoms with Gasteiger partial charge < -0.3 is 0 Å². The van der Waals surface area contributed by atoms with Gasteiger partial charge in [0.15, 0.2) is 0 Å². The lowest BCUT2D eigenvalue weighted by molar-refractivity contribution is 0.567. The van der Waals surface area contributed by atoms with Gasteiger partial charge in [0.05, 0.1) is 0 Å². The SMILES string of the molecule is PCc1ccccc1-c1ccccc1-c1ccc(CCCCCCCCCCc2ccccc2)cc1. The predicted molar refractivity (Wildman–Crippen MR) is 162 cm³/mol. The Labute approximate surface area is 221 Å². The zero-order chi connectivity index (χ0) is 24.8. The lowest BCUT2D eigenvalue weighted by atomic mass is 9.91. The summed E-state index contributed by atoms with van der Waals surface area (Å²) in [5.41, 5.74) is 9.60. The average molecular weight is 493 g/mol. The molecule has 1 heteroatoms. The number of aryl methyl sites for hydroxylation is 2. The number of benzene rings is 4. The van der Waals surface area contributed by atoms with Crippen molar-refractivity contribution < 1.29 is 0 Å². The molecule has 4 aromatic carbocycles. The van der Waals surface area contributed by atoms with E-state index in [1.54, 1.807) is 0 Å². The fourth-order valence-corrected chi connectivity index (χ4v) is 5.50. The molecular weight excluding hydrogens is 451 g/mol. The van der Waals surface area contributed by atoms with Crippen LogP contribution in [0.1, 0.15) is 68.1 Å². The van der Waals surface area contributed by atoms with Gasteiger partial charge in [-0.15, -0.1) is 9.24 Å². The molecule has 186 valence electrons. The first-order chi connectivity index (χ1) is 17.8. The first kappa shape index (κ1) is 26.4. The maximum atomic E-state index is 2.87. The van der Waals surface area contributed by atoms with Gasteiger partial charge >= 0.3 is 0 Å². The van der Waals surface area contributed by atoms with E-state index >= 15 is 0 Å². The Bertz CT molecular complexity index is 1160. The third kappa shape index (κ3) is 7.91. The quantitative estimate of drug-likeness (QED) is 0.121. The van der Waals surface area contributed by atoms with Gasteiger partial charge in [-0.3, -0.25) is 0 Å². The Morgan fingerprint density at radius 2 is 0.861 bits per heavy atom. The van der Waals surface area contributed by atoms with Crippen molar-refractivity contribution in [3.63, 3.8) is 0 Å². The van der Waals surface area contributed by atoms with Crippen LogP contribution in [0.5, 0.6) is 0 Å². The summed E-state index contributed by atoms with van der Waals surface area (Å²) in [6, 6.07) is 37.8. The highest BCUT2D eigenvalue weighted by Gasteiger charge is 2.10. The Morgan fingerprint density at radius 3 is 1.47 bits per heavy atom. The van der Waals surface area contributed by atoms with Crippen molar-refractivity contribution in [1.82, 2.24) is 0 Å². The maximum Gasteiger partial charge on any atom is -0.0103 e. The van der Waals surface area contributed by atoms with Crippen LogP contribution in [0.15, 0.2) is 103 Å². The van der Waals surface area contributed by atoms with Crippen LogP contribution in [0.3, 0.4) is 0 Å². The zero-order valence-corrected chi connectivity index (χ0v) is 22.8. The van der Waals surface area contributed by atoms with E-state index in [1.165, 1.54) is 103 Å². The van der Waals surface area contributed by atoms with Crippen LogP contribution in [0, 0.1) is 0 Å². The first-order valence-electron chi connectivity index (χ1n) is 13.9. The van der Waals surface area contributed by atoms with Crippen molar-refractivity contribution in [2.45, 2.75) is 70.4 Å². The predicted octanol–water partition coefficient (Wildman–Crippen LogP) is 10.3. The van der Waals surface area contributed by atoms with E-state index < -0.39 is 0 Å². The van der Waals surface area contributed by atoms with Crippen molar-refractivity contribution in [1.29, 1.82) is 0 Å². The number of hydrogen-bond acceptors (Lipinski definition) is 0. The molecule has 0 amide bonds. The van der Waals surface area contributed by atoms with Gasteiger partial charge in [0.2, 0.25) is 0 Å². The second-order valence-electron chi connectivity index (χ2n) is 9.92. The second-order valence-corrected chi connectivity index (χ2v) is 10.3. The molecule has 0 saturated carbocycles. The number of unbranched alkanes of at least 4 members (excludes halogenated alkanes) is 7. The largest absolute Gasteiger partial charge is 0.133 e. The second kappa shape index (κ2) is 14.8. The van der Waals surface area contributed by atoms with Crippen LogP contribution in [-0.4, -0.2) is 0 Å². The van der Waals surface area contributed by atoms with E-state index in [4.69, 9.17) is 0 Å². The molecule has 4 rings (SSSR count). The molecule has 0 fully saturated rings. The van der Waals surface area contributed by atoms with Gasteiger partial charge in [-0.2, -0.15) is 0 Å². The van der Waals surface area contributed by atoms with Crippen LogP contribution in [0.4, 0.5) is 0 Å². The van der Waals surface area contributed by atoms with Crippen molar-refractivity contribution in [3.8, 4) is 22.3 Å². The van der Waals surface area contributed by atoms with E-state index in [9.17, 15) is 0 Å². The first-order valence-corrected chi connectivity index (χ1v) is 14.7. The van der Waals surface area contributed by atoms with E-state index in [2.05, 4.69) is 112 Å². The zero-order valence-electron chi connectivity index (χ0n) is 21.7. The third-order valence-corrected chi connectivity index (χ3v) is 7.68. The molecule has 1 unspecified atom stereocenters. The van der Waals surface area contributed by atoms with Crippen molar-refractivity contribution in [2.75, 3.05) is 0 Å². The molecule has 0 aliphatic rings. The molecule has 0 aliphatic carbocycles. The minimum Gasteiger partial charge on any atom is -0.133 e. The van der Waals surface area contributed by atoms with E-state index in [1.807, 2.05) is 0 Å². The van der Waals surface area contributed by atoms with Gasteiger partial charge in [0.25, 0.3) is 0 Å². The van der Waals surface area contributed by atoms with Gasteiger partial charge in [0.1, 0.15) is 0 Å². The smallest absolute Gasteiger partial charge is 0.0103 e. The molecule has 0 aliphatic heterocycles. The fourth-order valence-electron chi connectivity index (χ4n) is 5.15. The van der Waals surface area contributed by atoms with Crippen molar-refractivity contribution >= 4 is 9.24 Å². The summed E-state index contributed by atoms with van der Waals surface area (Å²) in [4.78, 5) is 0. The number of hydrogen-bond donors (Lipinski definition) is 0. The highest BCUT2D eigenvalue weighted by molar-refractivity contribution is 7.15. The van der Waals surface area contributed by atoms with Crippen LogP contribution in [0.2, 0.25) is 0 Å². The summed E-state index contributed by atoms with van der Waals surface area (Å²) >= 11 is 0. The molecule has 0 heterocycles. The molecule has 4 aromatic rings. The van der Waals surface area contributed by atoms with E-state index in [0.29, 0.717) is 0 Å². The highest BCUT2D eigenvalue weighted by Crippen LogP contribution is 2.34. The third-order valence-electron chi connectivity index (χ3n) is 7.24. The molecule has 0 spiro atoms. The molecule has 0 bridgehead atoms. The molecule has 0 aromatic heterocycles. The molecule has 0 N–H and O–H groups in total. The summed E-state index contributed by atoms with van der Waals surface area (Å²) in [7, 11) is 2.87. The Kier molecular flexibility index (Phi) is 10.8. The molecule has 0 radical (unpaired) electrons. The van der Waals surface area contributed by atoms with Gasteiger partial charge in [-0.1, -0.05) is 142 Å². The van der Waals surface area contributed by atoms with Crippen LogP contribution in [-0.2, 0) is 19.0 Å². The molecule has 0 nitrogen and oxygen atoms in total. The fraction of sp³-hybridized carbons (Fsp3) is 0.314. The monoisotopic (exact) mass is 492 g/mol. The molecule has 1 atom stereocenters. The summed E-state index contributed by atoms with van der Waals surface area (Å²) in [6.07, 6.45) is 14.3. The minimum atomic E-state index is 0.970. The lowest BCUT2D eigenvalue weighted by Gasteiger charge is -2.14. The highest BCUT2D eigenvalue weighted by atomic mass is 31.0. The number of rotatable bonds is 14. The molecule has 0 saturated heterocycles. The van der Waals surface area contributed by atoms with Crippen molar-refractivity contribution in [2.24, 2.45) is 0 Å². The molecular formula is C35H41P. The summed E-state index contributed by atoms with van der Waals surface area (Å²) in [5.74, 6) is 0. The Hall–Kier alpha value is -2.69. The molecule has 36 heavy (non-hydrogen) atoms. The van der Waals surface area contributed by atoms with Crippen LogP contribution >= 0.6 is 9.24 Å². The van der Waals surface area contributed by atoms with Crippen molar-refractivity contribution in [3.05, 3.63) is 120 Å². The normalized spacial score (nSPS) is 11.0. The van der Waals surface area contributed by atoms with E-state index in [0.717, 1.165) is 6.16 Å². The summed E-state index contributed by atoms with van der Waals surface area (Å²) in [6.45, 7) is 0. The van der Waals surface area contributed by atoms with Crippen LogP contribution in [0.25, 0.3) is 22.3 Å².